The Kier molecular flexibility index (Phi) is 1.61. The molecule has 0 aromatic heterocycles. The fourth-order valence-corrected chi connectivity index (χ4v) is 2.38. The van der Waals surface area contributed by atoms with Crippen molar-refractivity contribution in [2.24, 2.45) is 0 Å². The van der Waals surface area contributed by atoms with E-state index in [4.69, 9.17) is 9.72 Å². The number of pyridine rings is 1. The Morgan fingerprint density at radius 2 is 2.12 bits per heavy atom. The van der Waals surface area contributed by atoms with Gasteiger partial charge in [0, 0.05) is 23.3 Å². The topological polar surface area (TPSA) is 27.1 Å². The number of rotatable bonds is 0. The second kappa shape index (κ2) is 3.10. The van der Waals surface area contributed by atoms with Crippen LogP contribution in [0.3, 0.4) is 0 Å². The summed E-state index contributed by atoms with van der Waals surface area (Å²) in [6, 6.07) is 10.3. The summed E-state index contributed by atoms with van der Waals surface area (Å²) >= 11 is 0. The van der Waals surface area contributed by atoms with Gasteiger partial charge in [-0.3, -0.25) is 0 Å². The molecule has 0 radical (unpaired) electrons. The van der Waals surface area contributed by atoms with E-state index < -0.39 is 0 Å². The van der Waals surface area contributed by atoms with Gasteiger partial charge in [-0.05, 0) is 12.1 Å². The molecular formula is C14H10N2O. The van der Waals surface area contributed by atoms with Gasteiger partial charge in [-0.1, -0.05) is 18.2 Å². The van der Waals surface area contributed by atoms with Gasteiger partial charge in [-0.15, -0.1) is 0 Å². The van der Waals surface area contributed by atoms with Crippen LogP contribution < -0.4 is 0 Å². The SMILES string of the molecule is C1=Cn2ccc3c4ccccc4nc-3c2CO1. The molecule has 0 aliphatic carbocycles. The van der Waals surface area contributed by atoms with Gasteiger partial charge in [0.15, 0.2) is 0 Å². The van der Waals surface area contributed by atoms with Crippen molar-refractivity contribution < 1.29 is 4.74 Å². The Labute approximate surface area is 98.3 Å². The lowest BCUT2D eigenvalue weighted by atomic mass is 10.1. The first-order valence-electron chi connectivity index (χ1n) is 5.60. The quantitative estimate of drug-likeness (QED) is 0.584. The highest BCUT2D eigenvalue weighted by atomic mass is 16.5. The molecule has 3 nitrogen and oxygen atoms in total. The van der Waals surface area contributed by atoms with Crippen LogP contribution in [0.25, 0.3) is 28.4 Å². The molecule has 0 atom stereocenters. The van der Waals surface area contributed by atoms with Crippen LogP contribution in [-0.4, -0.2) is 9.55 Å². The number of benzene rings is 1. The monoisotopic (exact) mass is 222 g/mol. The summed E-state index contributed by atoms with van der Waals surface area (Å²) in [5.41, 5.74) is 4.40. The molecule has 3 aliphatic heterocycles. The number of hydrogen-bond acceptors (Lipinski definition) is 2. The molecule has 0 unspecified atom stereocenters. The molecule has 0 amide bonds. The Hall–Kier alpha value is -2.29. The van der Waals surface area contributed by atoms with Gasteiger partial charge in [0.25, 0.3) is 0 Å². The van der Waals surface area contributed by atoms with Gasteiger partial charge >= 0.3 is 0 Å². The van der Waals surface area contributed by atoms with E-state index in [1.54, 1.807) is 6.26 Å². The molecule has 82 valence electrons. The van der Waals surface area contributed by atoms with Gasteiger partial charge < -0.3 is 9.30 Å². The van der Waals surface area contributed by atoms with E-state index in [9.17, 15) is 0 Å². The normalized spacial score (nSPS) is 13.9. The van der Waals surface area contributed by atoms with E-state index in [2.05, 4.69) is 22.9 Å². The lowest BCUT2D eigenvalue weighted by molar-refractivity contribution is 0.224. The number of fused-ring (bicyclic) bond motifs is 5. The van der Waals surface area contributed by atoms with Crippen LogP contribution in [0.1, 0.15) is 5.69 Å². The first-order valence-corrected chi connectivity index (χ1v) is 5.60. The van der Waals surface area contributed by atoms with Gasteiger partial charge in [0.1, 0.15) is 12.9 Å². The van der Waals surface area contributed by atoms with Gasteiger partial charge in [-0.25, -0.2) is 4.98 Å². The van der Waals surface area contributed by atoms with Crippen LogP contribution in [0.5, 0.6) is 0 Å². The molecule has 1 aromatic carbocycles. The van der Waals surface area contributed by atoms with Crippen LogP contribution in [0.4, 0.5) is 0 Å². The van der Waals surface area contributed by atoms with Crippen LogP contribution >= 0.6 is 0 Å². The summed E-state index contributed by atoms with van der Waals surface area (Å²) in [6.07, 6.45) is 5.68. The average Bonchev–Trinajstić information content (AvgIpc) is 2.78. The molecule has 3 heterocycles. The van der Waals surface area contributed by atoms with E-state index in [0.29, 0.717) is 6.61 Å². The summed E-state index contributed by atoms with van der Waals surface area (Å²) < 4.78 is 7.43. The Balaban J connectivity index is 2.15. The summed E-state index contributed by atoms with van der Waals surface area (Å²) in [6.45, 7) is 0.581. The number of aromatic nitrogens is 2. The Morgan fingerprint density at radius 1 is 1.18 bits per heavy atom. The second-order valence-corrected chi connectivity index (χ2v) is 4.16. The number of hydrogen-bond donors (Lipinski definition) is 0. The molecule has 0 N–H and O–H groups in total. The smallest absolute Gasteiger partial charge is 0.130 e. The number of ether oxygens (including phenoxy) is 1. The first-order chi connectivity index (χ1) is 8.43. The van der Waals surface area contributed by atoms with Crippen molar-refractivity contribution in [1.29, 1.82) is 0 Å². The average molecular weight is 222 g/mol. The minimum Gasteiger partial charge on any atom is -0.493 e. The molecule has 0 saturated heterocycles. The predicted molar refractivity (Wildman–Crippen MR) is 66.5 cm³/mol. The summed E-state index contributed by atoms with van der Waals surface area (Å²) in [4.78, 5) is 4.69. The molecule has 0 spiro atoms. The zero-order valence-electron chi connectivity index (χ0n) is 9.13. The maximum absolute atomic E-state index is 5.36. The zero-order valence-corrected chi connectivity index (χ0v) is 9.13. The fraction of sp³-hybridized carbons (Fsp3) is 0.0714. The molecule has 1 aromatic rings. The molecule has 3 heteroatoms. The van der Waals surface area contributed by atoms with E-state index in [0.717, 1.165) is 16.9 Å². The van der Waals surface area contributed by atoms with Gasteiger partial charge in [0.05, 0.1) is 16.9 Å². The first kappa shape index (κ1) is 8.82. The third-order valence-corrected chi connectivity index (χ3v) is 3.21. The van der Waals surface area contributed by atoms with Gasteiger partial charge in [0.2, 0.25) is 0 Å². The fourth-order valence-electron chi connectivity index (χ4n) is 2.38. The lowest BCUT2D eigenvalue weighted by Gasteiger charge is -2.16. The summed E-state index contributed by atoms with van der Waals surface area (Å²) in [5, 5.41) is 1.21. The minimum absolute atomic E-state index is 0.581. The highest BCUT2D eigenvalue weighted by Crippen LogP contribution is 2.34. The highest BCUT2D eigenvalue weighted by molar-refractivity contribution is 5.97. The third kappa shape index (κ3) is 1.13. The van der Waals surface area contributed by atoms with Crippen molar-refractivity contribution in [2.45, 2.75) is 6.61 Å². The van der Waals surface area contributed by atoms with Crippen LogP contribution in [0, 0.1) is 0 Å². The van der Waals surface area contributed by atoms with E-state index in [-0.39, 0.29) is 0 Å². The van der Waals surface area contributed by atoms with Crippen LogP contribution in [-0.2, 0) is 11.3 Å². The van der Waals surface area contributed by atoms with Crippen molar-refractivity contribution in [3.8, 4) is 11.3 Å². The molecule has 0 bridgehead atoms. The maximum atomic E-state index is 5.36. The third-order valence-electron chi connectivity index (χ3n) is 3.21. The lowest BCUT2D eigenvalue weighted by Crippen LogP contribution is -2.07. The molecule has 0 saturated carbocycles. The summed E-state index contributed by atoms with van der Waals surface area (Å²) in [5.74, 6) is 0. The molecule has 0 fully saturated rings. The molecule has 17 heavy (non-hydrogen) atoms. The van der Waals surface area contributed by atoms with E-state index in [1.165, 1.54) is 10.9 Å². The standard InChI is InChI=1S/C14H10N2O/c1-2-4-12-10(3-1)11-5-6-16-7-8-17-9-13(16)14(11)15-12/h1-8H,9H2. The maximum Gasteiger partial charge on any atom is 0.130 e. The van der Waals surface area contributed by atoms with E-state index in [1.807, 2.05) is 24.4 Å². The van der Waals surface area contributed by atoms with Crippen LogP contribution in [0.15, 0.2) is 42.8 Å². The Morgan fingerprint density at radius 3 is 3.12 bits per heavy atom. The number of nitrogens with zero attached hydrogens (tertiary/aromatic N) is 2. The Bertz CT molecular complexity index is 712. The van der Waals surface area contributed by atoms with E-state index >= 15 is 0 Å². The van der Waals surface area contributed by atoms with Crippen molar-refractivity contribution in [3.05, 3.63) is 48.5 Å². The van der Waals surface area contributed by atoms with Crippen molar-refractivity contribution in [2.75, 3.05) is 0 Å². The largest absolute Gasteiger partial charge is 0.493 e. The van der Waals surface area contributed by atoms with Crippen molar-refractivity contribution >= 4 is 17.1 Å². The van der Waals surface area contributed by atoms with Crippen molar-refractivity contribution in [1.82, 2.24) is 9.55 Å². The van der Waals surface area contributed by atoms with Crippen LogP contribution in [0.2, 0.25) is 0 Å². The van der Waals surface area contributed by atoms with Gasteiger partial charge in [-0.2, -0.15) is 0 Å². The number of para-hydroxylation sites is 1. The molecular weight excluding hydrogens is 212 g/mol. The minimum atomic E-state index is 0.581. The highest BCUT2D eigenvalue weighted by Gasteiger charge is 2.18. The molecule has 4 rings (SSSR count). The predicted octanol–water partition coefficient (Wildman–Crippen LogP) is 3.10. The summed E-state index contributed by atoms with van der Waals surface area (Å²) in [7, 11) is 0. The van der Waals surface area contributed by atoms with Crippen molar-refractivity contribution in [3.63, 3.8) is 0 Å². The second-order valence-electron chi connectivity index (χ2n) is 4.16. The molecule has 3 aliphatic rings. The zero-order chi connectivity index (χ0) is 11.2.